The molecule has 0 saturated heterocycles. The number of nitrogens with zero attached hydrogens (tertiary/aromatic N) is 1. The van der Waals surface area contributed by atoms with E-state index in [-0.39, 0.29) is 11.6 Å². The molecule has 0 aliphatic heterocycles. The van der Waals surface area contributed by atoms with Crippen molar-refractivity contribution in [2.75, 3.05) is 7.11 Å². The minimum absolute atomic E-state index is 0.0264. The summed E-state index contributed by atoms with van der Waals surface area (Å²) in [5, 5.41) is 0. The van der Waals surface area contributed by atoms with Crippen LogP contribution < -0.4 is 16.0 Å². The Labute approximate surface area is 195 Å². The Morgan fingerprint density at radius 3 is 2.24 bits per heavy atom. The maximum atomic E-state index is 13.8. The number of methoxy groups -OCH3 is 1. The monoisotopic (exact) mass is 438 g/mol. The lowest BCUT2D eigenvalue weighted by molar-refractivity contribution is 0.415. The van der Waals surface area contributed by atoms with Crippen molar-refractivity contribution in [1.82, 2.24) is 4.57 Å². The van der Waals surface area contributed by atoms with Crippen LogP contribution in [0.15, 0.2) is 89.7 Å². The van der Waals surface area contributed by atoms with Crippen LogP contribution in [0, 0.1) is 13.8 Å². The number of benzene rings is 3. The molecular formula is C29H30N2O2. The summed E-state index contributed by atoms with van der Waals surface area (Å²) in [4.78, 5) is 13.8. The van der Waals surface area contributed by atoms with Gasteiger partial charge in [-0.1, -0.05) is 72.8 Å². The van der Waals surface area contributed by atoms with E-state index in [0.717, 1.165) is 40.1 Å². The van der Waals surface area contributed by atoms with E-state index in [4.69, 9.17) is 10.5 Å². The van der Waals surface area contributed by atoms with Gasteiger partial charge in [-0.2, -0.15) is 0 Å². The van der Waals surface area contributed by atoms with Crippen LogP contribution >= 0.6 is 0 Å². The Hall–Kier alpha value is -3.63. The summed E-state index contributed by atoms with van der Waals surface area (Å²) in [5.41, 5.74) is 13.4. The number of hydrogen-bond acceptors (Lipinski definition) is 3. The lowest BCUT2D eigenvalue weighted by Gasteiger charge is -2.23. The first-order chi connectivity index (χ1) is 16.0. The van der Waals surface area contributed by atoms with Crippen LogP contribution in [0.3, 0.4) is 0 Å². The highest BCUT2D eigenvalue weighted by Crippen LogP contribution is 2.29. The molecule has 0 bridgehead atoms. The topological polar surface area (TPSA) is 57.2 Å². The van der Waals surface area contributed by atoms with E-state index >= 15 is 0 Å². The van der Waals surface area contributed by atoms with Gasteiger partial charge >= 0.3 is 0 Å². The predicted molar refractivity (Wildman–Crippen MR) is 135 cm³/mol. The molecule has 4 aromatic rings. The molecule has 4 nitrogen and oxygen atoms in total. The van der Waals surface area contributed by atoms with Crippen molar-refractivity contribution in [2.45, 2.75) is 32.9 Å². The second kappa shape index (κ2) is 9.88. The van der Waals surface area contributed by atoms with E-state index in [9.17, 15) is 4.79 Å². The molecule has 0 unspecified atom stereocenters. The first-order valence-electron chi connectivity index (χ1n) is 11.2. The summed E-state index contributed by atoms with van der Waals surface area (Å²) in [5.74, 6) is 0.726. The number of ether oxygens (including phenoxy) is 1. The van der Waals surface area contributed by atoms with Gasteiger partial charge < -0.3 is 15.0 Å². The molecule has 0 aliphatic rings. The fourth-order valence-electron chi connectivity index (χ4n) is 4.43. The SMILES string of the molecule is COc1cccc(-c2c(C)c(Cc3ccccc3)c(C)n(C[C@H](N)c3ccccc3)c2=O)c1. The van der Waals surface area contributed by atoms with Crippen LogP contribution in [0.25, 0.3) is 11.1 Å². The first-order valence-corrected chi connectivity index (χ1v) is 11.2. The zero-order chi connectivity index (χ0) is 23.4. The van der Waals surface area contributed by atoms with E-state index in [1.54, 1.807) is 7.11 Å². The summed E-state index contributed by atoms with van der Waals surface area (Å²) in [6, 6.07) is 27.7. The molecule has 0 spiro atoms. The second-order valence-electron chi connectivity index (χ2n) is 8.39. The fourth-order valence-corrected chi connectivity index (χ4v) is 4.43. The molecule has 33 heavy (non-hydrogen) atoms. The van der Waals surface area contributed by atoms with Gasteiger partial charge in [0.25, 0.3) is 5.56 Å². The Morgan fingerprint density at radius 2 is 1.58 bits per heavy atom. The van der Waals surface area contributed by atoms with E-state index < -0.39 is 0 Å². The summed E-state index contributed by atoms with van der Waals surface area (Å²) in [7, 11) is 1.64. The van der Waals surface area contributed by atoms with Crippen LogP contribution in [-0.4, -0.2) is 11.7 Å². The lowest BCUT2D eigenvalue weighted by Crippen LogP contribution is -2.31. The molecule has 3 aromatic carbocycles. The molecule has 2 N–H and O–H groups in total. The van der Waals surface area contributed by atoms with Crippen LogP contribution in [0.1, 0.15) is 34.0 Å². The average molecular weight is 439 g/mol. The van der Waals surface area contributed by atoms with Crippen molar-refractivity contribution in [3.63, 3.8) is 0 Å². The second-order valence-corrected chi connectivity index (χ2v) is 8.39. The molecule has 0 fully saturated rings. The number of rotatable bonds is 7. The molecule has 4 heteroatoms. The van der Waals surface area contributed by atoms with E-state index in [1.807, 2.05) is 91.2 Å². The van der Waals surface area contributed by atoms with Gasteiger partial charge in [0.15, 0.2) is 0 Å². The molecule has 4 rings (SSSR count). The van der Waals surface area contributed by atoms with Gasteiger partial charge in [-0.25, -0.2) is 0 Å². The molecule has 0 aliphatic carbocycles. The normalized spacial score (nSPS) is 11.9. The van der Waals surface area contributed by atoms with Gasteiger partial charge in [-0.05, 0) is 60.2 Å². The molecule has 168 valence electrons. The Morgan fingerprint density at radius 1 is 0.909 bits per heavy atom. The standard InChI is InChI=1S/C29H30N2O2/c1-20-26(17-22-11-6-4-7-12-22)21(2)31(19-27(30)23-13-8-5-9-14-23)29(32)28(20)24-15-10-16-25(18-24)33-3/h4-16,18,27H,17,19,30H2,1-3H3/t27-/m0/s1. The van der Waals surface area contributed by atoms with Crippen LogP contribution in [0.2, 0.25) is 0 Å². The Kier molecular flexibility index (Phi) is 6.76. The highest BCUT2D eigenvalue weighted by atomic mass is 16.5. The minimum Gasteiger partial charge on any atom is -0.497 e. The minimum atomic E-state index is -0.284. The third-order valence-corrected chi connectivity index (χ3v) is 6.32. The average Bonchev–Trinajstić information content (AvgIpc) is 2.85. The van der Waals surface area contributed by atoms with Crippen molar-refractivity contribution in [3.05, 3.63) is 123 Å². The van der Waals surface area contributed by atoms with Crippen molar-refractivity contribution in [3.8, 4) is 16.9 Å². The summed E-state index contributed by atoms with van der Waals surface area (Å²) < 4.78 is 7.27. The van der Waals surface area contributed by atoms with Crippen molar-refractivity contribution < 1.29 is 4.74 Å². The number of hydrogen-bond donors (Lipinski definition) is 1. The molecule has 0 saturated carbocycles. The summed E-state index contributed by atoms with van der Waals surface area (Å²) >= 11 is 0. The quantitative estimate of drug-likeness (QED) is 0.418. The smallest absolute Gasteiger partial charge is 0.258 e. The highest BCUT2D eigenvalue weighted by molar-refractivity contribution is 5.69. The van der Waals surface area contributed by atoms with Crippen molar-refractivity contribution >= 4 is 0 Å². The lowest BCUT2D eigenvalue weighted by atomic mass is 9.92. The Bertz CT molecular complexity index is 1290. The summed E-state index contributed by atoms with van der Waals surface area (Å²) in [6.07, 6.45) is 0.746. The molecule has 1 aromatic heterocycles. The third kappa shape index (κ3) is 4.76. The van der Waals surface area contributed by atoms with Gasteiger partial charge in [0.05, 0.1) is 12.7 Å². The van der Waals surface area contributed by atoms with E-state index in [2.05, 4.69) is 12.1 Å². The fraction of sp³-hybridized carbons (Fsp3) is 0.207. The van der Waals surface area contributed by atoms with Crippen molar-refractivity contribution in [1.29, 1.82) is 0 Å². The largest absolute Gasteiger partial charge is 0.497 e. The maximum Gasteiger partial charge on any atom is 0.258 e. The van der Waals surface area contributed by atoms with Crippen molar-refractivity contribution in [2.24, 2.45) is 5.73 Å². The predicted octanol–water partition coefficient (Wildman–Crippen LogP) is 5.43. The highest BCUT2D eigenvalue weighted by Gasteiger charge is 2.20. The summed E-state index contributed by atoms with van der Waals surface area (Å²) in [6.45, 7) is 4.48. The number of aromatic nitrogens is 1. The van der Waals surface area contributed by atoms with Gasteiger partial charge in [0, 0.05) is 18.3 Å². The van der Waals surface area contributed by atoms with Crippen LogP contribution in [-0.2, 0) is 13.0 Å². The Balaban J connectivity index is 1.89. The van der Waals surface area contributed by atoms with Crippen LogP contribution in [0.4, 0.5) is 0 Å². The van der Waals surface area contributed by atoms with Gasteiger partial charge in [0.2, 0.25) is 0 Å². The molecule has 1 heterocycles. The van der Waals surface area contributed by atoms with Gasteiger partial charge in [0.1, 0.15) is 5.75 Å². The van der Waals surface area contributed by atoms with E-state index in [1.165, 1.54) is 5.56 Å². The zero-order valence-electron chi connectivity index (χ0n) is 19.4. The number of nitrogens with two attached hydrogens (primary N) is 1. The third-order valence-electron chi connectivity index (χ3n) is 6.32. The maximum absolute atomic E-state index is 13.8. The first kappa shape index (κ1) is 22.6. The van der Waals surface area contributed by atoms with Gasteiger partial charge in [-0.3, -0.25) is 4.79 Å². The van der Waals surface area contributed by atoms with Gasteiger partial charge in [-0.15, -0.1) is 0 Å². The molecule has 0 amide bonds. The molecule has 0 radical (unpaired) electrons. The molecular weight excluding hydrogens is 408 g/mol. The van der Waals surface area contributed by atoms with E-state index in [0.29, 0.717) is 12.1 Å². The zero-order valence-corrected chi connectivity index (χ0v) is 19.4. The number of pyridine rings is 1. The molecule has 1 atom stereocenters. The van der Waals surface area contributed by atoms with Crippen LogP contribution in [0.5, 0.6) is 5.75 Å².